The SMILES string of the molecule is CCCCc1ccc(NC(C)CC2CC2)cc1. The Bertz CT molecular complexity index is 324. The van der Waals surface area contributed by atoms with E-state index in [0.29, 0.717) is 6.04 Å². The molecule has 1 saturated carbocycles. The van der Waals surface area contributed by atoms with Crippen LogP contribution < -0.4 is 5.32 Å². The maximum Gasteiger partial charge on any atom is 0.0342 e. The van der Waals surface area contributed by atoms with E-state index in [1.165, 1.54) is 49.8 Å². The van der Waals surface area contributed by atoms with Gasteiger partial charge in [-0.2, -0.15) is 0 Å². The second-order valence-electron chi connectivity index (χ2n) is 5.52. The van der Waals surface area contributed by atoms with Gasteiger partial charge in [0.15, 0.2) is 0 Å². The predicted molar refractivity (Wildman–Crippen MR) is 75.5 cm³/mol. The number of nitrogens with one attached hydrogen (secondary N) is 1. The van der Waals surface area contributed by atoms with Crippen molar-refractivity contribution in [3.05, 3.63) is 29.8 Å². The molecule has 1 heteroatoms. The van der Waals surface area contributed by atoms with Gasteiger partial charge < -0.3 is 5.32 Å². The predicted octanol–water partition coefficient (Wildman–Crippen LogP) is 4.63. The van der Waals surface area contributed by atoms with Crippen molar-refractivity contribution in [3.63, 3.8) is 0 Å². The van der Waals surface area contributed by atoms with Gasteiger partial charge in [-0.05, 0) is 49.8 Å². The number of hydrogen-bond donors (Lipinski definition) is 1. The highest BCUT2D eigenvalue weighted by Crippen LogP contribution is 2.34. The lowest BCUT2D eigenvalue weighted by Crippen LogP contribution is -2.15. The summed E-state index contributed by atoms with van der Waals surface area (Å²) in [4.78, 5) is 0. The summed E-state index contributed by atoms with van der Waals surface area (Å²) in [5.41, 5.74) is 2.74. The summed E-state index contributed by atoms with van der Waals surface area (Å²) in [6.07, 6.45) is 8.01. The third-order valence-electron chi connectivity index (χ3n) is 3.57. The van der Waals surface area contributed by atoms with E-state index in [1.807, 2.05) is 0 Å². The summed E-state index contributed by atoms with van der Waals surface area (Å²) in [6.45, 7) is 4.54. The van der Waals surface area contributed by atoms with Crippen LogP contribution in [0.2, 0.25) is 0 Å². The molecule has 94 valence electrons. The first-order valence-corrected chi connectivity index (χ1v) is 7.13. The molecule has 0 heterocycles. The molecule has 0 bridgehead atoms. The zero-order valence-electron chi connectivity index (χ0n) is 11.2. The van der Waals surface area contributed by atoms with E-state index in [4.69, 9.17) is 0 Å². The molecule has 1 aliphatic rings. The van der Waals surface area contributed by atoms with E-state index in [-0.39, 0.29) is 0 Å². The minimum Gasteiger partial charge on any atom is -0.383 e. The Hall–Kier alpha value is -0.980. The molecule has 1 atom stereocenters. The average molecular weight is 231 g/mol. The van der Waals surface area contributed by atoms with Gasteiger partial charge in [0.25, 0.3) is 0 Å². The lowest BCUT2D eigenvalue weighted by molar-refractivity contribution is 0.642. The Morgan fingerprint density at radius 3 is 2.53 bits per heavy atom. The van der Waals surface area contributed by atoms with Gasteiger partial charge in [0.1, 0.15) is 0 Å². The number of benzene rings is 1. The van der Waals surface area contributed by atoms with Gasteiger partial charge in [0.05, 0.1) is 0 Å². The van der Waals surface area contributed by atoms with E-state index in [0.717, 1.165) is 5.92 Å². The topological polar surface area (TPSA) is 12.0 Å². The molecule has 0 amide bonds. The van der Waals surface area contributed by atoms with E-state index < -0.39 is 0 Å². The molecule has 1 fully saturated rings. The number of hydrogen-bond acceptors (Lipinski definition) is 1. The monoisotopic (exact) mass is 231 g/mol. The fraction of sp³-hybridized carbons (Fsp3) is 0.625. The van der Waals surface area contributed by atoms with Crippen LogP contribution in [0.4, 0.5) is 5.69 Å². The molecule has 1 aliphatic carbocycles. The maximum absolute atomic E-state index is 3.60. The highest BCUT2D eigenvalue weighted by Gasteiger charge is 2.23. The molecule has 17 heavy (non-hydrogen) atoms. The molecule has 0 spiro atoms. The lowest BCUT2D eigenvalue weighted by Gasteiger charge is -2.15. The van der Waals surface area contributed by atoms with Crippen molar-refractivity contribution in [2.24, 2.45) is 5.92 Å². The summed E-state index contributed by atoms with van der Waals surface area (Å²) >= 11 is 0. The Kier molecular flexibility index (Phi) is 4.47. The third-order valence-corrected chi connectivity index (χ3v) is 3.57. The highest BCUT2D eigenvalue weighted by molar-refractivity contribution is 5.45. The minimum absolute atomic E-state index is 0.615. The van der Waals surface area contributed by atoms with Gasteiger partial charge in [0.2, 0.25) is 0 Å². The fourth-order valence-electron chi connectivity index (χ4n) is 2.35. The van der Waals surface area contributed by atoms with E-state index in [2.05, 4.69) is 43.4 Å². The Morgan fingerprint density at radius 1 is 1.24 bits per heavy atom. The number of aryl methyl sites for hydroxylation is 1. The van der Waals surface area contributed by atoms with E-state index >= 15 is 0 Å². The van der Waals surface area contributed by atoms with Gasteiger partial charge >= 0.3 is 0 Å². The number of rotatable bonds is 7. The third kappa shape index (κ3) is 4.41. The first-order valence-electron chi connectivity index (χ1n) is 7.13. The molecule has 0 radical (unpaired) electrons. The Balaban J connectivity index is 1.79. The number of anilines is 1. The van der Waals surface area contributed by atoms with Gasteiger partial charge in [0, 0.05) is 11.7 Å². The van der Waals surface area contributed by atoms with Crippen LogP contribution in [-0.2, 0) is 6.42 Å². The molecule has 1 nitrogen and oxygen atoms in total. The highest BCUT2D eigenvalue weighted by atomic mass is 14.9. The molecule has 1 aromatic carbocycles. The molecule has 1 unspecified atom stereocenters. The van der Waals surface area contributed by atoms with Crippen molar-refractivity contribution in [1.82, 2.24) is 0 Å². The van der Waals surface area contributed by atoms with Crippen LogP contribution in [0.25, 0.3) is 0 Å². The number of unbranched alkanes of at least 4 members (excludes halogenated alkanes) is 1. The quantitative estimate of drug-likeness (QED) is 0.721. The molecule has 0 saturated heterocycles. The summed E-state index contributed by atoms with van der Waals surface area (Å²) in [5, 5.41) is 3.60. The van der Waals surface area contributed by atoms with Gasteiger partial charge in [-0.1, -0.05) is 38.3 Å². The zero-order valence-corrected chi connectivity index (χ0v) is 11.2. The van der Waals surface area contributed by atoms with Crippen molar-refractivity contribution in [2.75, 3.05) is 5.32 Å². The normalized spacial score (nSPS) is 16.8. The van der Waals surface area contributed by atoms with Gasteiger partial charge in [-0.15, -0.1) is 0 Å². The van der Waals surface area contributed by atoms with E-state index in [9.17, 15) is 0 Å². The average Bonchev–Trinajstić information content (AvgIpc) is 3.12. The summed E-state index contributed by atoms with van der Waals surface area (Å²) < 4.78 is 0. The molecule has 0 aliphatic heterocycles. The van der Waals surface area contributed by atoms with Crippen LogP contribution in [0.5, 0.6) is 0 Å². The van der Waals surface area contributed by atoms with Crippen LogP contribution in [0, 0.1) is 5.92 Å². The molecule has 1 N–H and O–H groups in total. The minimum atomic E-state index is 0.615. The first-order chi connectivity index (χ1) is 8.28. The van der Waals surface area contributed by atoms with Crippen LogP contribution >= 0.6 is 0 Å². The van der Waals surface area contributed by atoms with Crippen molar-refractivity contribution in [1.29, 1.82) is 0 Å². The maximum atomic E-state index is 3.60. The van der Waals surface area contributed by atoms with Gasteiger partial charge in [-0.3, -0.25) is 0 Å². The van der Waals surface area contributed by atoms with E-state index in [1.54, 1.807) is 0 Å². The first kappa shape index (κ1) is 12.5. The smallest absolute Gasteiger partial charge is 0.0342 e. The molecule has 2 rings (SSSR count). The standard InChI is InChI=1S/C16H25N/c1-3-4-5-14-8-10-16(11-9-14)17-13(2)12-15-6-7-15/h8-11,13,15,17H,3-7,12H2,1-2H3. The summed E-state index contributed by atoms with van der Waals surface area (Å²) in [7, 11) is 0. The van der Waals surface area contributed by atoms with Crippen LogP contribution in [0.3, 0.4) is 0 Å². The van der Waals surface area contributed by atoms with Crippen molar-refractivity contribution < 1.29 is 0 Å². The lowest BCUT2D eigenvalue weighted by atomic mass is 10.1. The Labute approximate surface area is 106 Å². The largest absolute Gasteiger partial charge is 0.383 e. The van der Waals surface area contributed by atoms with Crippen LogP contribution in [-0.4, -0.2) is 6.04 Å². The van der Waals surface area contributed by atoms with Gasteiger partial charge in [-0.25, -0.2) is 0 Å². The fourth-order valence-corrected chi connectivity index (χ4v) is 2.35. The molecular formula is C16H25N. The van der Waals surface area contributed by atoms with Crippen LogP contribution in [0.15, 0.2) is 24.3 Å². The second kappa shape index (κ2) is 6.09. The molecular weight excluding hydrogens is 206 g/mol. The Morgan fingerprint density at radius 2 is 1.94 bits per heavy atom. The molecule has 1 aromatic rings. The molecule has 0 aromatic heterocycles. The van der Waals surface area contributed by atoms with Crippen molar-refractivity contribution in [3.8, 4) is 0 Å². The summed E-state index contributed by atoms with van der Waals surface area (Å²) in [5.74, 6) is 1.00. The summed E-state index contributed by atoms with van der Waals surface area (Å²) in [6, 6.07) is 9.61. The van der Waals surface area contributed by atoms with Crippen molar-refractivity contribution >= 4 is 5.69 Å². The zero-order chi connectivity index (χ0) is 12.1. The van der Waals surface area contributed by atoms with Crippen LogP contribution in [0.1, 0.15) is 51.5 Å². The van der Waals surface area contributed by atoms with Crippen molar-refractivity contribution in [2.45, 2.75) is 58.4 Å². The second-order valence-corrected chi connectivity index (χ2v) is 5.52.